The Morgan fingerprint density at radius 2 is 2.31 bits per heavy atom. The summed E-state index contributed by atoms with van der Waals surface area (Å²) in [4.78, 5) is 12.3. The molecule has 1 rings (SSSR count). The second-order valence-electron chi connectivity index (χ2n) is 3.58. The largest absolute Gasteiger partial charge is 0.468 e. The molecule has 0 saturated carbocycles. The van der Waals surface area contributed by atoms with Crippen molar-refractivity contribution in [1.82, 2.24) is 0 Å². The standard InChI is InChI=1S/C12H17NO2S/c1-9-4-3-5-10(8-9)16-7-6-11(13)12(14)15-2/h3-5,8,11H,6-7,13H2,1-2H3. The Labute approximate surface area is 100 Å². The van der Waals surface area contributed by atoms with Crippen LogP contribution in [-0.4, -0.2) is 24.9 Å². The van der Waals surface area contributed by atoms with Crippen LogP contribution < -0.4 is 5.73 Å². The summed E-state index contributed by atoms with van der Waals surface area (Å²) in [6.45, 7) is 2.06. The van der Waals surface area contributed by atoms with Crippen LogP contribution in [0.1, 0.15) is 12.0 Å². The average Bonchev–Trinajstić information content (AvgIpc) is 2.28. The molecular weight excluding hydrogens is 222 g/mol. The van der Waals surface area contributed by atoms with Crippen LogP contribution in [0, 0.1) is 6.92 Å². The summed E-state index contributed by atoms with van der Waals surface area (Å²) in [7, 11) is 1.36. The predicted molar refractivity (Wildman–Crippen MR) is 66.5 cm³/mol. The third-order valence-electron chi connectivity index (χ3n) is 2.19. The zero-order valence-corrected chi connectivity index (χ0v) is 10.4. The van der Waals surface area contributed by atoms with Gasteiger partial charge in [0.25, 0.3) is 0 Å². The van der Waals surface area contributed by atoms with Gasteiger partial charge in [0.1, 0.15) is 6.04 Å². The number of esters is 1. The fourth-order valence-corrected chi connectivity index (χ4v) is 2.33. The summed E-state index contributed by atoms with van der Waals surface area (Å²) >= 11 is 1.70. The van der Waals surface area contributed by atoms with E-state index in [0.29, 0.717) is 6.42 Å². The number of thioether (sulfide) groups is 1. The minimum Gasteiger partial charge on any atom is -0.468 e. The lowest BCUT2D eigenvalue weighted by Gasteiger charge is -2.08. The van der Waals surface area contributed by atoms with Gasteiger partial charge < -0.3 is 10.5 Å². The first-order chi connectivity index (χ1) is 7.63. The normalized spacial score (nSPS) is 12.2. The fourth-order valence-electron chi connectivity index (χ4n) is 1.28. The van der Waals surface area contributed by atoms with E-state index >= 15 is 0 Å². The van der Waals surface area contributed by atoms with Crippen LogP contribution in [0.15, 0.2) is 29.2 Å². The van der Waals surface area contributed by atoms with Crippen LogP contribution in [0.3, 0.4) is 0 Å². The van der Waals surface area contributed by atoms with Gasteiger partial charge in [-0.15, -0.1) is 11.8 Å². The number of rotatable bonds is 5. The topological polar surface area (TPSA) is 52.3 Å². The van der Waals surface area contributed by atoms with Gasteiger partial charge in [0, 0.05) is 10.6 Å². The maximum Gasteiger partial charge on any atom is 0.322 e. The van der Waals surface area contributed by atoms with Gasteiger partial charge in [-0.2, -0.15) is 0 Å². The van der Waals surface area contributed by atoms with Gasteiger partial charge in [-0.05, 0) is 25.5 Å². The Kier molecular flexibility index (Phi) is 5.35. The zero-order chi connectivity index (χ0) is 12.0. The van der Waals surface area contributed by atoms with Gasteiger partial charge in [0.2, 0.25) is 0 Å². The molecule has 0 radical (unpaired) electrons. The van der Waals surface area contributed by atoms with E-state index in [2.05, 4.69) is 29.9 Å². The maximum absolute atomic E-state index is 11.1. The first-order valence-corrected chi connectivity index (χ1v) is 6.15. The fraction of sp³-hybridized carbons (Fsp3) is 0.417. The Bertz CT molecular complexity index is 355. The number of aryl methyl sites for hydroxylation is 1. The molecule has 4 heteroatoms. The Morgan fingerprint density at radius 3 is 2.94 bits per heavy atom. The van der Waals surface area contributed by atoms with Crippen molar-refractivity contribution in [2.24, 2.45) is 5.73 Å². The van der Waals surface area contributed by atoms with E-state index in [4.69, 9.17) is 5.73 Å². The van der Waals surface area contributed by atoms with Gasteiger partial charge in [0.05, 0.1) is 7.11 Å². The minimum atomic E-state index is -0.512. The highest BCUT2D eigenvalue weighted by Crippen LogP contribution is 2.19. The summed E-state index contributed by atoms with van der Waals surface area (Å²) < 4.78 is 4.56. The number of carbonyl (C=O) groups excluding carboxylic acids is 1. The lowest BCUT2D eigenvalue weighted by molar-refractivity contribution is -0.142. The van der Waals surface area contributed by atoms with Crippen molar-refractivity contribution in [2.45, 2.75) is 24.3 Å². The molecule has 1 aromatic rings. The van der Waals surface area contributed by atoms with Gasteiger partial charge in [-0.3, -0.25) is 4.79 Å². The van der Waals surface area contributed by atoms with Crippen molar-refractivity contribution in [2.75, 3.05) is 12.9 Å². The molecule has 1 atom stereocenters. The molecule has 0 aliphatic rings. The lowest BCUT2D eigenvalue weighted by Crippen LogP contribution is -2.31. The molecule has 0 bridgehead atoms. The number of methoxy groups -OCH3 is 1. The number of benzene rings is 1. The van der Waals surface area contributed by atoms with E-state index in [1.54, 1.807) is 11.8 Å². The SMILES string of the molecule is COC(=O)C(N)CCSc1cccc(C)c1. The molecule has 0 saturated heterocycles. The van der Waals surface area contributed by atoms with Crippen molar-refractivity contribution in [3.05, 3.63) is 29.8 Å². The lowest BCUT2D eigenvalue weighted by atomic mass is 10.2. The van der Waals surface area contributed by atoms with Crippen LogP contribution in [0.2, 0.25) is 0 Å². The third-order valence-corrected chi connectivity index (χ3v) is 3.22. The zero-order valence-electron chi connectivity index (χ0n) is 9.60. The molecule has 88 valence electrons. The smallest absolute Gasteiger partial charge is 0.322 e. The third kappa shape index (κ3) is 4.24. The molecule has 0 aromatic heterocycles. The molecule has 0 amide bonds. The summed E-state index contributed by atoms with van der Waals surface area (Å²) in [5.74, 6) is 0.476. The molecule has 2 N–H and O–H groups in total. The van der Waals surface area contributed by atoms with Crippen LogP contribution in [-0.2, 0) is 9.53 Å². The second kappa shape index (κ2) is 6.55. The molecule has 0 fully saturated rings. The number of hydrogen-bond acceptors (Lipinski definition) is 4. The van der Waals surface area contributed by atoms with Crippen molar-refractivity contribution < 1.29 is 9.53 Å². The first-order valence-electron chi connectivity index (χ1n) is 5.16. The molecule has 3 nitrogen and oxygen atoms in total. The molecule has 0 aliphatic heterocycles. The summed E-state index contributed by atoms with van der Waals surface area (Å²) in [6, 6.07) is 7.75. The molecule has 0 spiro atoms. The van der Waals surface area contributed by atoms with Crippen molar-refractivity contribution >= 4 is 17.7 Å². The Hall–Kier alpha value is -1.00. The van der Waals surface area contributed by atoms with E-state index in [1.165, 1.54) is 17.6 Å². The van der Waals surface area contributed by atoms with Crippen LogP contribution in [0.5, 0.6) is 0 Å². The van der Waals surface area contributed by atoms with Crippen molar-refractivity contribution in [3.63, 3.8) is 0 Å². The molecule has 0 heterocycles. The second-order valence-corrected chi connectivity index (χ2v) is 4.75. The minimum absolute atomic E-state index is 0.343. The molecule has 1 unspecified atom stereocenters. The molecule has 16 heavy (non-hydrogen) atoms. The van der Waals surface area contributed by atoms with E-state index in [9.17, 15) is 4.79 Å². The maximum atomic E-state index is 11.1. The first kappa shape index (κ1) is 13.1. The van der Waals surface area contributed by atoms with Crippen molar-refractivity contribution in [1.29, 1.82) is 0 Å². The summed E-state index contributed by atoms with van der Waals surface area (Å²) in [6.07, 6.45) is 0.630. The molecular formula is C12H17NO2S. The number of ether oxygens (including phenoxy) is 1. The van der Waals surface area contributed by atoms with E-state index < -0.39 is 6.04 Å². The van der Waals surface area contributed by atoms with Gasteiger partial charge in [-0.1, -0.05) is 17.7 Å². The van der Waals surface area contributed by atoms with Crippen molar-refractivity contribution in [3.8, 4) is 0 Å². The van der Waals surface area contributed by atoms with Gasteiger partial charge in [0.15, 0.2) is 0 Å². The summed E-state index contributed by atoms with van der Waals surface area (Å²) in [5, 5.41) is 0. The van der Waals surface area contributed by atoms with Crippen LogP contribution >= 0.6 is 11.8 Å². The predicted octanol–water partition coefficient (Wildman–Crippen LogP) is 1.98. The quantitative estimate of drug-likeness (QED) is 0.630. The highest BCUT2D eigenvalue weighted by atomic mass is 32.2. The monoisotopic (exact) mass is 239 g/mol. The van der Waals surface area contributed by atoms with Crippen LogP contribution in [0.25, 0.3) is 0 Å². The van der Waals surface area contributed by atoms with Gasteiger partial charge in [-0.25, -0.2) is 0 Å². The number of carbonyl (C=O) groups is 1. The van der Waals surface area contributed by atoms with Gasteiger partial charge >= 0.3 is 5.97 Å². The Balaban J connectivity index is 2.33. The van der Waals surface area contributed by atoms with E-state index in [-0.39, 0.29) is 5.97 Å². The molecule has 0 aliphatic carbocycles. The average molecular weight is 239 g/mol. The van der Waals surface area contributed by atoms with E-state index in [0.717, 1.165) is 5.75 Å². The highest BCUT2D eigenvalue weighted by molar-refractivity contribution is 7.99. The van der Waals surface area contributed by atoms with Crippen LogP contribution in [0.4, 0.5) is 0 Å². The number of hydrogen-bond donors (Lipinski definition) is 1. The van der Waals surface area contributed by atoms with E-state index in [1.807, 2.05) is 6.07 Å². The highest BCUT2D eigenvalue weighted by Gasteiger charge is 2.12. The summed E-state index contributed by atoms with van der Waals surface area (Å²) in [5.41, 5.74) is 6.87. The molecule has 1 aromatic carbocycles. The number of nitrogens with two attached hydrogens (primary N) is 1. The Morgan fingerprint density at radius 1 is 1.56 bits per heavy atom.